The van der Waals surface area contributed by atoms with Crippen LogP contribution in [0.4, 0.5) is 0 Å². The molecular weight excluding hydrogens is 242 g/mol. The summed E-state index contributed by atoms with van der Waals surface area (Å²) in [5, 5.41) is 2.28. The molecule has 6 heteroatoms. The van der Waals surface area contributed by atoms with Crippen LogP contribution >= 0.6 is 0 Å². The highest BCUT2D eigenvalue weighted by molar-refractivity contribution is 7.79. The van der Waals surface area contributed by atoms with Gasteiger partial charge in [0.25, 0.3) is 5.91 Å². The number of nitrogens with one attached hydrogen (secondary N) is 1. The molecule has 0 aliphatic heterocycles. The predicted molar refractivity (Wildman–Crippen MR) is 63.5 cm³/mol. The van der Waals surface area contributed by atoms with E-state index in [4.69, 9.17) is 4.74 Å². The van der Waals surface area contributed by atoms with Crippen molar-refractivity contribution in [1.82, 2.24) is 5.32 Å². The molecule has 0 radical (unpaired) electrons. The fourth-order valence-electron chi connectivity index (χ4n) is 1.23. The van der Waals surface area contributed by atoms with E-state index >= 15 is 0 Å². The third kappa shape index (κ3) is 4.54. The lowest BCUT2D eigenvalue weighted by atomic mass is 10.2. The van der Waals surface area contributed by atoms with E-state index in [1.165, 1.54) is 0 Å². The van der Waals surface area contributed by atoms with Crippen LogP contribution in [0.1, 0.15) is 24.2 Å². The third-order valence-electron chi connectivity index (χ3n) is 1.84. The second-order valence-corrected chi connectivity index (χ2v) is 4.51. The quantitative estimate of drug-likeness (QED) is 0.798. The average molecular weight is 256 g/mol. The Morgan fingerprint density at radius 1 is 1.47 bits per heavy atom. The van der Waals surface area contributed by atoms with E-state index in [1.54, 1.807) is 24.3 Å². The molecule has 1 aromatic carbocycles. The molecule has 94 valence electrons. The molecular formula is C11H14NO4S-. The molecule has 5 nitrogen and oxygen atoms in total. The van der Waals surface area contributed by atoms with Crippen LogP contribution in [0.5, 0.6) is 5.75 Å². The summed E-state index contributed by atoms with van der Waals surface area (Å²) in [6.45, 7) is 3.70. The topological polar surface area (TPSA) is 78.5 Å². The summed E-state index contributed by atoms with van der Waals surface area (Å²) < 4.78 is 26.2. The Morgan fingerprint density at radius 2 is 2.12 bits per heavy atom. The Labute approximate surface area is 102 Å². The van der Waals surface area contributed by atoms with E-state index in [1.807, 2.05) is 13.8 Å². The van der Waals surface area contributed by atoms with Gasteiger partial charge in [-0.1, -0.05) is 12.1 Å². The van der Waals surface area contributed by atoms with Crippen LogP contribution in [-0.4, -0.2) is 26.6 Å². The van der Waals surface area contributed by atoms with Crippen molar-refractivity contribution in [2.75, 3.05) is 5.88 Å². The summed E-state index contributed by atoms with van der Waals surface area (Å²) in [7, 11) is 0. The van der Waals surface area contributed by atoms with Crippen LogP contribution in [0, 0.1) is 0 Å². The van der Waals surface area contributed by atoms with Crippen molar-refractivity contribution in [3.05, 3.63) is 29.8 Å². The van der Waals surface area contributed by atoms with Crippen molar-refractivity contribution in [2.45, 2.75) is 20.0 Å². The highest BCUT2D eigenvalue weighted by Gasteiger charge is 2.12. The second kappa shape index (κ2) is 6.36. The molecule has 1 aromatic rings. The van der Waals surface area contributed by atoms with Crippen LogP contribution in [-0.2, 0) is 11.1 Å². The van der Waals surface area contributed by atoms with Gasteiger partial charge in [-0.2, -0.15) is 0 Å². The maximum Gasteiger partial charge on any atom is 0.255 e. The van der Waals surface area contributed by atoms with Gasteiger partial charge in [0.1, 0.15) is 5.75 Å². The van der Waals surface area contributed by atoms with Crippen molar-refractivity contribution < 1.29 is 18.3 Å². The van der Waals surface area contributed by atoms with E-state index in [2.05, 4.69) is 5.32 Å². The van der Waals surface area contributed by atoms with Gasteiger partial charge in [-0.3, -0.25) is 9.00 Å². The first-order valence-corrected chi connectivity index (χ1v) is 6.35. The third-order valence-corrected chi connectivity index (χ3v) is 2.22. The number of carbonyl (C=O) groups excluding carboxylic acids is 1. The van der Waals surface area contributed by atoms with Crippen molar-refractivity contribution in [3.8, 4) is 5.75 Å². The predicted octanol–water partition coefficient (Wildman–Crippen LogP) is 1.04. The van der Waals surface area contributed by atoms with E-state index in [-0.39, 0.29) is 6.10 Å². The van der Waals surface area contributed by atoms with E-state index in [0.717, 1.165) is 0 Å². The van der Waals surface area contributed by atoms with Gasteiger partial charge in [0, 0.05) is 0 Å². The Bertz CT molecular complexity index is 420. The first kappa shape index (κ1) is 13.7. The summed E-state index contributed by atoms with van der Waals surface area (Å²) in [5.74, 6) is -0.434. The molecule has 0 spiro atoms. The number of hydrogen-bond donors (Lipinski definition) is 1. The zero-order chi connectivity index (χ0) is 12.8. The molecule has 1 N–H and O–H groups in total. The Hall–Kier alpha value is -1.40. The number of para-hydroxylation sites is 1. The maximum absolute atomic E-state index is 11.7. The summed E-state index contributed by atoms with van der Waals surface area (Å²) in [5.41, 5.74) is 0.326. The van der Waals surface area contributed by atoms with Gasteiger partial charge in [0.05, 0.1) is 17.5 Å². The van der Waals surface area contributed by atoms with Crippen LogP contribution < -0.4 is 10.1 Å². The summed E-state index contributed by atoms with van der Waals surface area (Å²) in [4.78, 5) is 11.7. The van der Waals surface area contributed by atoms with Crippen LogP contribution in [0.25, 0.3) is 0 Å². The zero-order valence-electron chi connectivity index (χ0n) is 9.64. The number of carbonyl (C=O) groups is 1. The van der Waals surface area contributed by atoms with Gasteiger partial charge in [0.2, 0.25) is 0 Å². The average Bonchev–Trinajstić information content (AvgIpc) is 2.25. The largest absolute Gasteiger partial charge is 0.771 e. The minimum atomic E-state index is -2.30. The smallest absolute Gasteiger partial charge is 0.255 e. The lowest BCUT2D eigenvalue weighted by Gasteiger charge is -2.14. The van der Waals surface area contributed by atoms with Crippen molar-refractivity contribution in [1.29, 1.82) is 0 Å². The van der Waals surface area contributed by atoms with Crippen LogP contribution in [0.2, 0.25) is 0 Å². The van der Waals surface area contributed by atoms with Gasteiger partial charge in [-0.25, -0.2) is 0 Å². The van der Waals surface area contributed by atoms with E-state index in [9.17, 15) is 13.6 Å². The Morgan fingerprint density at radius 3 is 2.71 bits per heavy atom. The molecule has 0 saturated heterocycles. The highest BCUT2D eigenvalue weighted by Crippen LogP contribution is 2.19. The van der Waals surface area contributed by atoms with Crippen molar-refractivity contribution in [2.24, 2.45) is 0 Å². The number of ether oxygens (including phenoxy) is 1. The molecule has 0 fully saturated rings. The summed E-state index contributed by atoms with van der Waals surface area (Å²) in [6.07, 6.45) is -0.0578. The van der Waals surface area contributed by atoms with E-state index < -0.39 is 22.9 Å². The van der Waals surface area contributed by atoms with Gasteiger partial charge < -0.3 is 14.6 Å². The number of hydrogen-bond acceptors (Lipinski definition) is 4. The zero-order valence-corrected chi connectivity index (χ0v) is 10.5. The molecule has 0 bridgehead atoms. The molecule has 17 heavy (non-hydrogen) atoms. The fourth-order valence-corrected chi connectivity index (χ4v) is 1.48. The molecule has 0 heterocycles. The molecule has 1 amide bonds. The molecule has 0 aromatic heterocycles. The standard InChI is InChI=1S/C11H15NO4S/c1-8(2)16-10-6-4-3-5-9(10)11(13)12-7-17(14)15/h3-6,8H,7H2,1-2H3,(H,12,13)(H,14,15)/p-1. The van der Waals surface area contributed by atoms with Gasteiger partial charge >= 0.3 is 0 Å². The Balaban J connectivity index is 2.81. The first-order chi connectivity index (χ1) is 8.00. The minimum absolute atomic E-state index is 0.0578. The lowest BCUT2D eigenvalue weighted by molar-refractivity contribution is 0.0954. The highest BCUT2D eigenvalue weighted by atomic mass is 32.2. The fraction of sp³-hybridized carbons (Fsp3) is 0.364. The maximum atomic E-state index is 11.7. The summed E-state index contributed by atoms with van der Waals surface area (Å²) in [6, 6.07) is 6.69. The van der Waals surface area contributed by atoms with Crippen molar-refractivity contribution in [3.63, 3.8) is 0 Å². The number of rotatable bonds is 5. The molecule has 1 rings (SSSR count). The molecule has 0 aliphatic rings. The summed E-state index contributed by atoms with van der Waals surface area (Å²) >= 11 is -2.30. The number of amides is 1. The lowest BCUT2D eigenvalue weighted by Crippen LogP contribution is -2.27. The van der Waals surface area contributed by atoms with Gasteiger partial charge in [-0.05, 0) is 37.1 Å². The minimum Gasteiger partial charge on any atom is -0.771 e. The molecule has 0 aliphatic carbocycles. The van der Waals surface area contributed by atoms with Crippen LogP contribution in [0.3, 0.4) is 0 Å². The van der Waals surface area contributed by atoms with Gasteiger partial charge in [-0.15, -0.1) is 0 Å². The first-order valence-electron chi connectivity index (χ1n) is 5.10. The van der Waals surface area contributed by atoms with Crippen molar-refractivity contribution >= 4 is 17.0 Å². The van der Waals surface area contributed by atoms with Gasteiger partial charge in [0.15, 0.2) is 0 Å². The normalized spacial score (nSPS) is 12.2. The molecule has 0 saturated carbocycles. The molecule has 1 atom stereocenters. The SMILES string of the molecule is CC(C)Oc1ccccc1C(=O)NCS(=O)[O-]. The monoisotopic (exact) mass is 256 g/mol. The van der Waals surface area contributed by atoms with Crippen LogP contribution in [0.15, 0.2) is 24.3 Å². The van der Waals surface area contributed by atoms with E-state index in [0.29, 0.717) is 11.3 Å². The molecule has 1 unspecified atom stereocenters. The number of benzene rings is 1. The second-order valence-electron chi connectivity index (χ2n) is 3.62. The Kier molecular flexibility index (Phi) is 5.11.